The minimum Gasteiger partial charge on any atom is -0.385 e. The van der Waals surface area contributed by atoms with E-state index in [4.69, 9.17) is 4.74 Å². The zero-order valence-electron chi connectivity index (χ0n) is 8.36. The largest absolute Gasteiger partial charge is 0.385 e. The number of fused-ring (bicyclic) bond motifs is 1. The molecular formula is C12H14NO. The topological polar surface area (TPSA) is 14.2 Å². The molecular weight excluding hydrogens is 174 g/mol. The van der Waals surface area contributed by atoms with Crippen LogP contribution in [0.1, 0.15) is 6.42 Å². The van der Waals surface area contributed by atoms with E-state index in [2.05, 4.69) is 28.8 Å². The van der Waals surface area contributed by atoms with Gasteiger partial charge in [0.1, 0.15) is 0 Å². The summed E-state index contributed by atoms with van der Waals surface area (Å²) in [4.78, 5) is 0. The highest BCUT2D eigenvalue weighted by Crippen LogP contribution is 2.14. The van der Waals surface area contributed by atoms with E-state index in [0.29, 0.717) is 0 Å². The van der Waals surface area contributed by atoms with Gasteiger partial charge in [0.25, 0.3) is 0 Å². The molecule has 0 bridgehead atoms. The van der Waals surface area contributed by atoms with Crippen LogP contribution in [-0.4, -0.2) is 18.3 Å². The Hall–Kier alpha value is -1.28. The van der Waals surface area contributed by atoms with Crippen LogP contribution in [0.15, 0.2) is 30.5 Å². The third-order valence-corrected chi connectivity index (χ3v) is 2.34. The van der Waals surface area contributed by atoms with Gasteiger partial charge in [0, 0.05) is 43.4 Å². The van der Waals surface area contributed by atoms with Crippen LogP contribution >= 0.6 is 0 Å². The average Bonchev–Trinajstić information content (AvgIpc) is 2.63. The average molecular weight is 188 g/mol. The molecule has 0 N–H and O–H groups in total. The van der Waals surface area contributed by atoms with Crippen molar-refractivity contribution >= 4 is 10.9 Å². The van der Waals surface area contributed by atoms with Crippen molar-refractivity contribution in [3.63, 3.8) is 0 Å². The zero-order chi connectivity index (χ0) is 9.80. The summed E-state index contributed by atoms with van der Waals surface area (Å²) in [5.41, 5.74) is 1.25. The molecule has 0 spiro atoms. The minimum absolute atomic E-state index is 0.812. The molecule has 0 saturated carbocycles. The summed E-state index contributed by atoms with van der Waals surface area (Å²) in [7, 11) is 1.74. The number of para-hydroxylation sites is 1. The summed E-state index contributed by atoms with van der Waals surface area (Å²) in [6, 6.07) is 11.5. The lowest BCUT2D eigenvalue weighted by Gasteiger charge is -2.04. The maximum absolute atomic E-state index is 5.03. The third-order valence-electron chi connectivity index (χ3n) is 2.34. The standard InChI is InChI=1S/C12H14NO/c1-14-10-4-8-13-9-7-11-5-2-3-6-12(11)13/h2-3,5-6,9H,4,8,10H2,1H3. The molecule has 2 nitrogen and oxygen atoms in total. The Kier molecular flexibility index (Phi) is 2.84. The number of ether oxygens (including phenoxy) is 1. The summed E-state index contributed by atoms with van der Waals surface area (Å²) in [5.74, 6) is 0. The third kappa shape index (κ3) is 1.80. The van der Waals surface area contributed by atoms with Crippen LogP contribution in [-0.2, 0) is 11.3 Å². The number of aryl methyl sites for hydroxylation is 1. The fraction of sp³-hybridized carbons (Fsp3) is 0.333. The SMILES string of the molecule is COCCCn1c[c]c2ccccc21. The van der Waals surface area contributed by atoms with E-state index in [-0.39, 0.29) is 0 Å². The van der Waals surface area contributed by atoms with Crippen molar-refractivity contribution in [3.8, 4) is 0 Å². The van der Waals surface area contributed by atoms with Crippen LogP contribution in [0.4, 0.5) is 0 Å². The molecule has 0 atom stereocenters. The van der Waals surface area contributed by atoms with Gasteiger partial charge in [0.2, 0.25) is 0 Å². The number of aromatic nitrogens is 1. The Bertz CT molecular complexity index is 405. The highest BCUT2D eigenvalue weighted by atomic mass is 16.5. The molecule has 1 aromatic heterocycles. The molecule has 14 heavy (non-hydrogen) atoms. The molecule has 1 aromatic carbocycles. The molecule has 1 radical (unpaired) electrons. The first-order chi connectivity index (χ1) is 6.92. The molecule has 0 saturated heterocycles. The van der Waals surface area contributed by atoms with Gasteiger partial charge in [-0.05, 0) is 12.5 Å². The van der Waals surface area contributed by atoms with Gasteiger partial charge in [0.15, 0.2) is 0 Å². The zero-order valence-corrected chi connectivity index (χ0v) is 8.36. The highest BCUT2D eigenvalue weighted by molar-refractivity contribution is 5.79. The van der Waals surface area contributed by atoms with E-state index in [9.17, 15) is 0 Å². The summed E-state index contributed by atoms with van der Waals surface area (Å²) >= 11 is 0. The van der Waals surface area contributed by atoms with Crippen molar-refractivity contribution in [2.45, 2.75) is 13.0 Å². The Morgan fingerprint density at radius 2 is 2.21 bits per heavy atom. The summed E-state index contributed by atoms with van der Waals surface area (Å²) < 4.78 is 7.25. The van der Waals surface area contributed by atoms with Gasteiger partial charge in [0.05, 0.1) is 0 Å². The van der Waals surface area contributed by atoms with Crippen molar-refractivity contribution in [2.75, 3.05) is 13.7 Å². The van der Waals surface area contributed by atoms with E-state index < -0.39 is 0 Å². The second kappa shape index (κ2) is 4.29. The second-order valence-electron chi connectivity index (χ2n) is 3.33. The van der Waals surface area contributed by atoms with Gasteiger partial charge >= 0.3 is 0 Å². The quantitative estimate of drug-likeness (QED) is 0.672. The molecule has 0 unspecified atom stereocenters. The molecule has 0 aliphatic carbocycles. The van der Waals surface area contributed by atoms with Crippen LogP contribution in [0.5, 0.6) is 0 Å². The monoisotopic (exact) mass is 188 g/mol. The smallest absolute Gasteiger partial charge is 0.0486 e. The first kappa shape index (κ1) is 9.28. The molecule has 0 fully saturated rings. The fourth-order valence-corrected chi connectivity index (χ4v) is 1.63. The molecule has 1 heterocycles. The van der Waals surface area contributed by atoms with E-state index in [1.54, 1.807) is 7.11 Å². The fourth-order valence-electron chi connectivity index (χ4n) is 1.63. The number of hydrogen-bond acceptors (Lipinski definition) is 1. The number of nitrogens with zero attached hydrogens (tertiary/aromatic N) is 1. The number of benzene rings is 1. The maximum atomic E-state index is 5.03. The Morgan fingerprint density at radius 1 is 1.36 bits per heavy atom. The predicted molar refractivity (Wildman–Crippen MR) is 57.3 cm³/mol. The van der Waals surface area contributed by atoms with Crippen molar-refractivity contribution in [3.05, 3.63) is 36.5 Å². The Balaban J connectivity index is 2.17. The highest BCUT2D eigenvalue weighted by Gasteiger charge is 1.98. The summed E-state index contributed by atoms with van der Waals surface area (Å²) in [5, 5.41) is 1.19. The van der Waals surface area contributed by atoms with E-state index in [1.165, 1.54) is 10.9 Å². The lowest BCUT2D eigenvalue weighted by molar-refractivity contribution is 0.190. The molecule has 0 amide bonds. The lowest BCUT2D eigenvalue weighted by atomic mass is 10.2. The Morgan fingerprint density at radius 3 is 3.07 bits per heavy atom. The van der Waals surface area contributed by atoms with Gasteiger partial charge in [-0.1, -0.05) is 18.2 Å². The van der Waals surface area contributed by atoms with E-state index in [1.807, 2.05) is 12.3 Å². The van der Waals surface area contributed by atoms with Crippen molar-refractivity contribution in [1.82, 2.24) is 4.57 Å². The van der Waals surface area contributed by atoms with Gasteiger partial charge in [-0.15, -0.1) is 0 Å². The van der Waals surface area contributed by atoms with Crippen LogP contribution < -0.4 is 0 Å². The maximum Gasteiger partial charge on any atom is 0.0486 e. The van der Waals surface area contributed by atoms with Crippen LogP contribution in [0.3, 0.4) is 0 Å². The van der Waals surface area contributed by atoms with Crippen LogP contribution in [0.2, 0.25) is 0 Å². The first-order valence-electron chi connectivity index (χ1n) is 4.86. The second-order valence-corrected chi connectivity index (χ2v) is 3.33. The van der Waals surface area contributed by atoms with Gasteiger partial charge in [-0.3, -0.25) is 0 Å². The van der Waals surface area contributed by atoms with Crippen molar-refractivity contribution < 1.29 is 4.74 Å². The minimum atomic E-state index is 0.812. The molecule has 2 rings (SSSR count). The predicted octanol–water partition coefficient (Wildman–Crippen LogP) is 2.48. The van der Waals surface area contributed by atoms with Gasteiger partial charge < -0.3 is 9.30 Å². The van der Waals surface area contributed by atoms with E-state index >= 15 is 0 Å². The van der Waals surface area contributed by atoms with Crippen molar-refractivity contribution in [2.24, 2.45) is 0 Å². The molecule has 0 aliphatic rings. The summed E-state index contributed by atoms with van der Waals surface area (Å²) in [6.45, 7) is 1.81. The lowest BCUT2D eigenvalue weighted by Crippen LogP contribution is -1.99. The first-order valence-corrected chi connectivity index (χ1v) is 4.86. The Labute approximate surface area is 84.1 Å². The van der Waals surface area contributed by atoms with E-state index in [0.717, 1.165) is 19.6 Å². The van der Waals surface area contributed by atoms with Crippen LogP contribution in [0, 0.1) is 6.07 Å². The molecule has 2 aromatic rings. The van der Waals surface area contributed by atoms with Gasteiger partial charge in [-0.2, -0.15) is 0 Å². The normalized spacial score (nSPS) is 10.9. The van der Waals surface area contributed by atoms with Crippen molar-refractivity contribution in [1.29, 1.82) is 0 Å². The van der Waals surface area contributed by atoms with Gasteiger partial charge in [-0.25, -0.2) is 0 Å². The molecule has 2 heteroatoms. The molecule has 73 valence electrons. The number of hydrogen-bond donors (Lipinski definition) is 0. The van der Waals surface area contributed by atoms with Crippen LogP contribution in [0.25, 0.3) is 10.9 Å². The number of rotatable bonds is 4. The summed E-state index contributed by atoms with van der Waals surface area (Å²) in [6.07, 6.45) is 3.06. The number of methoxy groups -OCH3 is 1. The molecule has 0 aliphatic heterocycles.